The maximum Gasteiger partial charge on any atom is 0.127 e. The third-order valence-corrected chi connectivity index (χ3v) is 0.734. The largest absolute Gasteiger partial charge is 0.415 e. The summed E-state index contributed by atoms with van der Waals surface area (Å²) in [6.07, 6.45) is 1.47. The molecule has 0 fully saturated rings. The summed E-state index contributed by atoms with van der Waals surface area (Å²) in [5, 5.41) is 0.718. The van der Waals surface area contributed by atoms with Crippen LogP contribution in [-0.2, 0) is 4.84 Å². The Morgan fingerprint density at radius 3 is 3.00 bits per heavy atom. The molecule has 0 spiro atoms. The lowest BCUT2D eigenvalue weighted by molar-refractivity contribution is 0.168. The zero-order valence-electron chi connectivity index (χ0n) is 3.07. The lowest BCUT2D eigenvalue weighted by Crippen LogP contribution is -2.03. The summed E-state index contributed by atoms with van der Waals surface area (Å²) in [5.41, 5.74) is 2.55. The van der Waals surface area contributed by atoms with E-state index in [2.05, 4.69) is 10.3 Å². The van der Waals surface area contributed by atoms with E-state index in [4.69, 9.17) is 11.6 Å². The molecule has 0 aromatic rings. The number of nitrogens with one attached hydrogen (secondary N) is 1. The lowest BCUT2D eigenvalue weighted by Gasteiger charge is -1.83. The molecule has 0 aromatic carbocycles. The molecule has 0 bridgehead atoms. The van der Waals surface area contributed by atoms with E-state index in [0.717, 1.165) is 5.03 Å². The molecule has 0 amide bonds. The van der Waals surface area contributed by atoms with Gasteiger partial charge in [-0.3, -0.25) is 0 Å². The zero-order chi connectivity index (χ0) is 4.41. The molecule has 0 aliphatic carbocycles. The fourth-order valence-corrected chi connectivity index (χ4v) is 0.357. The number of hydroxylamine groups is 1. The van der Waals surface area contributed by atoms with Crippen molar-refractivity contribution in [2.45, 2.75) is 0 Å². The first-order valence-electron chi connectivity index (χ1n) is 1.62. The van der Waals surface area contributed by atoms with E-state index in [9.17, 15) is 0 Å². The smallest absolute Gasteiger partial charge is 0.127 e. The van der Waals surface area contributed by atoms with Crippen molar-refractivity contribution in [3.63, 3.8) is 0 Å². The van der Waals surface area contributed by atoms with Gasteiger partial charge in [0.1, 0.15) is 6.26 Å². The maximum atomic E-state index is 5.39. The van der Waals surface area contributed by atoms with E-state index in [0.29, 0.717) is 6.54 Å². The van der Waals surface area contributed by atoms with E-state index in [1.54, 1.807) is 0 Å². The van der Waals surface area contributed by atoms with E-state index in [1.165, 1.54) is 6.26 Å². The number of halogens is 1. The highest BCUT2D eigenvalue weighted by atomic mass is 35.5. The fourth-order valence-electron chi connectivity index (χ4n) is 0.258. The highest BCUT2D eigenvalue weighted by Gasteiger charge is 1.97. The van der Waals surface area contributed by atoms with Gasteiger partial charge in [-0.15, -0.1) is 0 Å². The average Bonchev–Trinajstić information content (AvgIpc) is 1.86. The van der Waals surface area contributed by atoms with Crippen LogP contribution in [-0.4, -0.2) is 6.54 Å². The molecule has 1 rings (SSSR count). The van der Waals surface area contributed by atoms with Crippen LogP contribution in [0.1, 0.15) is 0 Å². The van der Waals surface area contributed by atoms with Gasteiger partial charge in [0.2, 0.25) is 0 Å². The van der Waals surface area contributed by atoms with Crippen LogP contribution >= 0.6 is 11.6 Å². The molecule has 1 aliphatic heterocycles. The summed E-state index contributed by atoms with van der Waals surface area (Å²) in [6, 6.07) is 0. The Balaban J connectivity index is 2.45. The van der Waals surface area contributed by atoms with Crippen molar-refractivity contribution in [3.05, 3.63) is 11.3 Å². The predicted octanol–water partition coefficient (Wildman–Crippen LogP) is 0.601. The molecule has 0 aromatic heterocycles. The van der Waals surface area contributed by atoms with Crippen LogP contribution in [0.2, 0.25) is 0 Å². The molecular formula is C3H4ClNO. The van der Waals surface area contributed by atoms with Gasteiger partial charge in [-0.1, -0.05) is 11.6 Å². The first kappa shape index (κ1) is 3.96. The molecule has 0 saturated carbocycles. The molecule has 1 aliphatic rings. The van der Waals surface area contributed by atoms with E-state index in [1.807, 2.05) is 0 Å². The molecule has 34 valence electrons. The monoisotopic (exact) mass is 105 g/mol. The molecule has 6 heavy (non-hydrogen) atoms. The lowest BCUT2D eigenvalue weighted by atomic mass is 10.7. The Morgan fingerprint density at radius 2 is 2.83 bits per heavy atom. The second-order valence-corrected chi connectivity index (χ2v) is 1.49. The van der Waals surface area contributed by atoms with Gasteiger partial charge >= 0.3 is 0 Å². The molecule has 1 N–H and O–H groups in total. The van der Waals surface area contributed by atoms with Gasteiger partial charge in [0, 0.05) is 0 Å². The molecule has 2 nitrogen and oxygen atoms in total. The van der Waals surface area contributed by atoms with Crippen molar-refractivity contribution in [1.82, 2.24) is 5.48 Å². The van der Waals surface area contributed by atoms with E-state index >= 15 is 0 Å². The summed E-state index contributed by atoms with van der Waals surface area (Å²) in [6.45, 7) is 0.640. The van der Waals surface area contributed by atoms with Crippen LogP contribution in [0.4, 0.5) is 0 Å². The van der Waals surface area contributed by atoms with Crippen LogP contribution in [0, 0.1) is 0 Å². The minimum atomic E-state index is 0.640. The number of hydrogen-bond donors (Lipinski definition) is 1. The first-order chi connectivity index (χ1) is 2.89. The Kier molecular flexibility index (Phi) is 0.986. The normalized spacial score (nSPS) is 19.8. The van der Waals surface area contributed by atoms with Crippen molar-refractivity contribution in [3.8, 4) is 0 Å². The van der Waals surface area contributed by atoms with Crippen LogP contribution in [0.5, 0.6) is 0 Å². The van der Waals surface area contributed by atoms with Crippen LogP contribution in [0.15, 0.2) is 11.3 Å². The standard InChI is InChI=1S/C3H4ClNO/c4-3-1-5-6-2-3/h2,5H,1H2. The van der Waals surface area contributed by atoms with Crippen molar-refractivity contribution in [2.24, 2.45) is 0 Å². The third-order valence-electron chi connectivity index (χ3n) is 0.511. The van der Waals surface area contributed by atoms with Crippen molar-refractivity contribution >= 4 is 11.6 Å². The van der Waals surface area contributed by atoms with Gasteiger partial charge < -0.3 is 4.84 Å². The van der Waals surface area contributed by atoms with Crippen molar-refractivity contribution in [1.29, 1.82) is 0 Å². The van der Waals surface area contributed by atoms with Gasteiger partial charge in [0.25, 0.3) is 0 Å². The predicted molar refractivity (Wildman–Crippen MR) is 23.0 cm³/mol. The molecule has 0 unspecified atom stereocenters. The average molecular weight is 106 g/mol. The highest BCUT2D eigenvalue weighted by molar-refractivity contribution is 6.29. The maximum absolute atomic E-state index is 5.39. The van der Waals surface area contributed by atoms with Gasteiger partial charge in [-0.25, -0.2) is 0 Å². The van der Waals surface area contributed by atoms with Crippen LogP contribution in [0.3, 0.4) is 0 Å². The molecule has 0 radical (unpaired) electrons. The van der Waals surface area contributed by atoms with Crippen molar-refractivity contribution in [2.75, 3.05) is 6.54 Å². The zero-order valence-corrected chi connectivity index (χ0v) is 3.83. The summed E-state index contributed by atoms with van der Waals surface area (Å²) in [5.74, 6) is 0. The Hall–Kier alpha value is -0.210. The molecule has 1 heterocycles. The minimum Gasteiger partial charge on any atom is -0.415 e. The minimum absolute atomic E-state index is 0.640. The van der Waals surface area contributed by atoms with Gasteiger partial charge in [-0.2, -0.15) is 5.48 Å². The van der Waals surface area contributed by atoms with E-state index < -0.39 is 0 Å². The van der Waals surface area contributed by atoms with E-state index in [-0.39, 0.29) is 0 Å². The van der Waals surface area contributed by atoms with Crippen LogP contribution in [0.25, 0.3) is 0 Å². The second-order valence-electron chi connectivity index (χ2n) is 1.00. The molecule has 3 heteroatoms. The fraction of sp³-hybridized carbons (Fsp3) is 0.333. The van der Waals surface area contributed by atoms with Gasteiger partial charge in [-0.05, 0) is 0 Å². The second kappa shape index (κ2) is 1.49. The van der Waals surface area contributed by atoms with Crippen molar-refractivity contribution < 1.29 is 4.84 Å². The molecular weight excluding hydrogens is 101 g/mol. The summed E-state index contributed by atoms with van der Waals surface area (Å²) in [7, 11) is 0. The highest BCUT2D eigenvalue weighted by Crippen LogP contribution is 2.02. The van der Waals surface area contributed by atoms with Gasteiger partial charge in [0.05, 0.1) is 11.6 Å². The summed E-state index contributed by atoms with van der Waals surface area (Å²) >= 11 is 5.39. The Morgan fingerprint density at radius 1 is 2.00 bits per heavy atom. The van der Waals surface area contributed by atoms with Crippen LogP contribution < -0.4 is 5.48 Å². The first-order valence-corrected chi connectivity index (χ1v) is 2.00. The summed E-state index contributed by atoms with van der Waals surface area (Å²) < 4.78 is 0. The molecule has 0 atom stereocenters. The SMILES string of the molecule is ClC1=CONC1. The number of rotatable bonds is 0. The Bertz CT molecular complexity index is 80.9. The third kappa shape index (κ3) is 0.640. The summed E-state index contributed by atoms with van der Waals surface area (Å²) in [4.78, 5) is 4.51. The quantitative estimate of drug-likeness (QED) is 0.487. The molecule has 0 saturated heterocycles. The van der Waals surface area contributed by atoms with Gasteiger partial charge in [0.15, 0.2) is 0 Å². The number of hydrogen-bond acceptors (Lipinski definition) is 2. The Labute approximate surface area is 40.7 Å². The topological polar surface area (TPSA) is 21.3 Å².